The second-order valence-corrected chi connectivity index (χ2v) is 8.13. The summed E-state index contributed by atoms with van der Waals surface area (Å²) in [6.07, 6.45) is 0. The highest BCUT2D eigenvalue weighted by Crippen LogP contribution is 2.23. The van der Waals surface area contributed by atoms with E-state index in [1.165, 1.54) is 22.0 Å². The van der Waals surface area contributed by atoms with Crippen LogP contribution >= 0.6 is 0 Å². The van der Waals surface area contributed by atoms with Crippen molar-refractivity contribution in [3.05, 3.63) is 93.4 Å². The third-order valence-corrected chi connectivity index (χ3v) is 5.82. The number of nitrogens with one attached hydrogen (secondary N) is 1. The van der Waals surface area contributed by atoms with E-state index in [2.05, 4.69) is 5.32 Å². The predicted molar refractivity (Wildman–Crippen MR) is 124 cm³/mol. The van der Waals surface area contributed by atoms with Crippen LogP contribution in [-0.4, -0.2) is 25.9 Å². The Balaban J connectivity index is 2.04. The van der Waals surface area contributed by atoms with Crippen LogP contribution in [0.5, 0.6) is 5.75 Å². The average Bonchev–Trinajstić information content (AvgIpc) is 2.79. The fraction of sp³-hybridized carbons (Fsp3) is 0.217. The number of carbonyl (C=O) groups is 1. The van der Waals surface area contributed by atoms with Crippen LogP contribution in [0.2, 0.25) is 0 Å². The smallest absolute Gasteiger partial charge is 0.271 e. The molecule has 0 aliphatic carbocycles. The molecule has 0 spiro atoms. The molecule has 1 amide bonds. The monoisotopic (exact) mass is 455 g/mol. The summed E-state index contributed by atoms with van der Waals surface area (Å²) in [5, 5.41) is 2.52. The van der Waals surface area contributed by atoms with Crippen LogP contribution in [0.4, 0.5) is 5.69 Å². The second-order valence-electron chi connectivity index (χ2n) is 7.17. The fourth-order valence-electron chi connectivity index (χ4n) is 3.36. The SMILES string of the molecule is CNC(=O)c1c(OCc2ccccc2)c(=O)cc(CN(c2ccccc2C)[SH](=O)=O)n1C. The number of thiol groups is 1. The maximum Gasteiger partial charge on any atom is 0.271 e. The number of benzene rings is 2. The lowest BCUT2D eigenvalue weighted by molar-refractivity contribution is 0.0948. The molecule has 1 heterocycles. The summed E-state index contributed by atoms with van der Waals surface area (Å²) in [5.74, 6) is -0.600. The van der Waals surface area contributed by atoms with Crippen LogP contribution < -0.4 is 19.8 Å². The molecule has 168 valence electrons. The molecule has 1 aromatic heterocycles. The summed E-state index contributed by atoms with van der Waals surface area (Å²) >= 11 is 0. The zero-order valence-electron chi connectivity index (χ0n) is 18.1. The largest absolute Gasteiger partial charge is 0.483 e. The van der Waals surface area contributed by atoms with Gasteiger partial charge in [-0.15, -0.1) is 0 Å². The Bertz CT molecular complexity index is 1240. The van der Waals surface area contributed by atoms with Crippen LogP contribution in [0, 0.1) is 6.92 Å². The summed E-state index contributed by atoms with van der Waals surface area (Å²) in [4.78, 5) is 25.6. The number of rotatable bonds is 8. The topological polar surface area (TPSA) is 97.7 Å². The zero-order chi connectivity index (χ0) is 23.3. The molecule has 0 saturated carbocycles. The molecule has 0 saturated heterocycles. The number of nitrogens with zero attached hydrogens (tertiary/aromatic N) is 2. The van der Waals surface area contributed by atoms with Crippen LogP contribution in [-0.2, 0) is 31.1 Å². The van der Waals surface area contributed by atoms with Crippen molar-refractivity contribution >= 4 is 22.5 Å². The van der Waals surface area contributed by atoms with Gasteiger partial charge >= 0.3 is 0 Å². The van der Waals surface area contributed by atoms with Crippen molar-refractivity contribution in [2.45, 2.75) is 20.1 Å². The highest BCUT2D eigenvalue weighted by molar-refractivity contribution is 7.74. The predicted octanol–water partition coefficient (Wildman–Crippen LogP) is 2.17. The summed E-state index contributed by atoms with van der Waals surface area (Å²) in [6, 6.07) is 17.6. The van der Waals surface area contributed by atoms with Crippen molar-refractivity contribution in [2.75, 3.05) is 11.4 Å². The Morgan fingerprint density at radius 3 is 2.38 bits per heavy atom. The molecule has 0 atom stereocenters. The van der Waals surface area contributed by atoms with Crippen molar-refractivity contribution in [3.8, 4) is 5.75 Å². The quantitative estimate of drug-likeness (QED) is 0.508. The molecule has 32 heavy (non-hydrogen) atoms. The molecule has 9 heteroatoms. The zero-order valence-corrected chi connectivity index (χ0v) is 19.0. The molecular weight excluding hydrogens is 430 g/mol. The first-order chi connectivity index (χ1) is 15.3. The molecule has 1 N–H and O–H groups in total. The Morgan fingerprint density at radius 2 is 1.75 bits per heavy atom. The third-order valence-electron chi connectivity index (χ3n) is 5.07. The lowest BCUT2D eigenvalue weighted by Gasteiger charge is -2.23. The van der Waals surface area contributed by atoms with Crippen LogP contribution in [0.1, 0.15) is 27.3 Å². The van der Waals surface area contributed by atoms with Crippen LogP contribution in [0.15, 0.2) is 65.5 Å². The van der Waals surface area contributed by atoms with E-state index in [1.54, 1.807) is 32.2 Å². The van der Waals surface area contributed by atoms with Gasteiger partial charge in [0.05, 0.1) is 12.2 Å². The van der Waals surface area contributed by atoms with Gasteiger partial charge in [0, 0.05) is 25.9 Å². The number of pyridine rings is 1. The number of amides is 1. The maximum absolute atomic E-state index is 12.9. The molecule has 0 aliphatic heterocycles. The highest BCUT2D eigenvalue weighted by Gasteiger charge is 2.23. The lowest BCUT2D eigenvalue weighted by atomic mass is 10.2. The van der Waals surface area contributed by atoms with Crippen molar-refractivity contribution in [3.63, 3.8) is 0 Å². The van der Waals surface area contributed by atoms with E-state index >= 15 is 0 Å². The number of aryl methyl sites for hydroxylation is 1. The molecule has 0 bridgehead atoms. The van der Waals surface area contributed by atoms with Gasteiger partial charge in [-0.1, -0.05) is 48.5 Å². The Kier molecular flexibility index (Phi) is 7.32. The minimum atomic E-state index is -2.99. The summed E-state index contributed by atoms with van der Waals surface area (Å²) in [7, 11) is 0.0636. The lowest BCUT2D eigenvalue weighted by Crippen LogP contribution is -2.31. The van der Waals surface area contributed by atoms with E-state index in [9.17, 15) is 18.0 Å². The molecule has 3 aromatic rings. The number of hydrogen-bond acceptors (Lipinski definition) is 5. The van der Waals surface area contributed by atoms with E-state index in [-0.39, 0.29) is 24.6 Å². The summed E-state index contributed by atoms with van der Waals surface area (Å²) in [6.45, 7) is 1.80. The van der Waals surface area contributed by atoms with Crippen LogP contribution in [0.3, 0.4) is 0 Å². The van der Waals surface area contributed by atoms with Gasteiger partial charge in [0.1, 0.15) is 6.61 Å². The van der Waals surface area contributed by atoms with E-state index in [1.807, 2.05) is 36.4 Å². The number of ether oxygens (including phenoxy) is 1. The standard InChI is InChI=1S/C23H25N3O5S/c1-16-9-7-8-12-19(16)26(32(29)30)14-18-13-20(27)22(21(25(18)3)23(28)24-2)31-15-17-10-5-4-6-11-17/h4-13,32H,14-15H2,1-3H3,(H,24,28). The van der Waals surface area contributed by atoms with Crippen LogP contribution in [0.25, 0.3) is 0 Å². The van der Waals surface area contributed by atoms with Gasteiger partial charge in [-0.2, -0.15) is 0 Å². The molecule has 0 fully saturated rings. The molecule has 0 radical (unpaired) electrons. The fourth-order valence-corrected chi connectivity index (χ4v) is 4.02. The Labute approximate surface area is 188 Å². The number of para-hydroxylation sites is 1. The molecule has 3 rings (SSSR count). The average molecular weight is 456 g/mol. The molecular formula is C23H25N3O5S. The number of aromatic nitrogens is 1. The summed E-state index contributed by atoms with van der Waals surface area (Å²) < 4.78 is 32.5. The van der Waals surface area contributed by atoms with Gasteiger partial charge in [-0.25, -0.2) is 8.42 Å². The third kappa shape index (κ3) is 5.00. The number of hydrogen-bond donors (Lipinski definition) is 2. The summed E-state index contributed by atoms with van der Waals surface area (Å²) in [5.41, 5.74) is 1.99. The van der Waals surface area contributed by atoms with E-state index in [0.29, 0.717) is 11.4 Å². The van der Waals surface area contributed by atoms with Gasteiger partial charge in [0.15, 0.2) is 11.4 Å². The number of anilines is 1. The molecule has 2 aromatic carbocycles. The molecule has 0 aliphatic rings. The van der Waals surface area contributed by atoms with Crippen molar-refractivity contribution in [1.29, 1.82) is 0 Å². The highest BCUT2D eigenvalue weighted by atomic mass is 32.2. The second kappa shape index (κ2) is 10.1. The van der Waals surface area contributed by atoms with Gasteiger partial charge in [-0.05, 0) is 24.1 Å². The van der Waals surface area contributed by atoms with Crippen molar-refractivity contribution < 1.29 is 17.9 Å². The first-order valence-electron chi connectivity index (χ1n) is 9.92. The minimum absolute atomic E-state index is 0.0248. The normalized spacial score (nSPS) is 10.8. The van der Waals surface area contributed by atoms with Gasteiger partial charge in [0.25, 0.3) is 5.91 Å². The minimum Gasteiger partial charge on any atom is -0.483 e. The van der Waals surface area contributed by atoms with E-state index in [0.717, 1.165) is 11.1 Å². The van der Waals surface area contributed by atoms with E-state index in [4.69, 9.17) is 4.74 Å². The molecule has 8 nitrogen and oxygen atoms in total. The maximum atomic E-state index is 12.9. The number of carbonyl (C=O) groups excluding carboxylic acids is 1. The van der Waals surface area contributed by atoms with Crippen molar-refractivity contribution in [1.82, 2.24) is 9.88 Å². The first-order valence-corrected chi connectivity index (χ1v) is 11.1. The van der Waals surface area contributed by atoms with Gasteiger partial charge < -0.3 is 14.6 Å². The van der Waals surface area contributed by atoms with Crippen molar-refractivity contribution in [2.24, 2.45) is 7.05 Å². The van der Waals surface area contributed by atoms with E-state index < -0.39 is 22.2 Å². The van der Waals surface area contributed by atoms with Gasteiger partial charge in [-0.3, -0.25) is 13.9 Å². The molecule has 0 unspecified atom stereocenters. The Morgan fingerprint density at radius 1 is 1.09 bits per heavy atom. The first kappa shape index (κ1) is 23.1. The van der Waals surface area contributed by atoms with Gasteiger partial charge in [0.2, 0.25) is 16.3 Å². The Hall–Kier alpha value is -3.59.